The number of pyridine rings is 1. The van der Waals surface area contributed by atoms with Gasteiger partial charge in [0.1, 0.15) is 17.7 Å². The van der Waals surface area contributed by atoms with Gasteiger partial charge in [0.25, 0.3) is 5.91 Å². The number of carbonyl (C=O) groups excluding carboxylic acids is 3. The minimum atomic E-state index is -0.803. The standard InChI is InChI=1S/C30H34N8O5/c1-3-16-42-27(39)13-15-38(26-6-4-5-14-33-26)29(40)21-9-12-23-24(17-21)36-25(35-23)18-34-22-10-7-20(8-11-22)28(32)37-43-30(41)19(2)31/h4-12,14,17,19,34H,3,13,15-16,18,31H2,1-2H3,(H2,32,37)(H,35,36). The highest BCUT2D eigenvalue weighted by Gasteiger charge is 2.21. The van der Waals surface area contributed by atoms with Crippen molar-refractivity contribution in [1.29, 1.82) is 0 Å². The lowest BCUT2D eigenvalue weighted by molar-refractivity contribution is -0.145. The predicted octanol–water partition coefficient (Wildman–Crippen LogP) is 3.07. The Bertz CT molecular complexity index is 1590. The molecule has 0 aliphatic carbocycles. The Labute approximate surface area is 248 Å². The molecule has 6 N–H and O–H groups in total. The fraction of sp³-hybridized carbons (Fsp3) is 0.267. The quantitative estimate of drug-likeness (QED) is 0.0595. The summed E-state index contributed by atoms with van der Waals surface area (Å²) in [6.45, 7) is 4.26. The molecule has 0 bridgehead atoms. The van der Waals surface area contributed by atoms with Crippen LogP contribution >= 0.6 is 0 Å². The molecule has 224 valence electrons. The number of amidine groups is 1. The first kappa shape index (κ1) is 30.7. The van der Waals surface area contributed by atoms with E-state index in [0.717, 1.165) is 12.1 Å². The third-order valence-corrected chi connectivity index (χ3v) is 6.20. The summed E-state index contributed by atoms with van der Waals surface area (Å²) in [5.74, 6) is -0.206. The molecule has 0 aliphatic rings. The van der Waals surface area contributed by atoms with E-state index in [1.165, 1.54) is 11.8 Å². The van der Waals surface area contributed by atoms with Crippen molar-refractivity contribution in [2.24, 2.45) is 16.6 Å². The van der Waals surface area contributed by atoms with E-state index < -0.39 is 12.0 Å². The lowest BCUT2D eigenvalue weighted by Crippen LogP contribution is -2.34. The molecular weight excluding hydrogens is 552 g/mol. The first-order chi connectivity index (χ1) is 20.7. The van der Waals surface area contributed by atoms with E-state index in [9.17, 15) is 14.4 Å². The third-order valence-electron chi connectivity index (χ3n) is 6.20. The molecule has 43 heavy (non-hydrogen) atoms. The number of ether oxygens (including phenoxy) is 1. The van der Waals surface area contributed by atoms with Crippen LogP contribution in [-0.4, -0.2) is 57.8 Å². The summed E-state index contributed by atoms with van der Waals surface area (Å²) in [6.07, 6.45) is 2.37. The molecule has 0 radical (unpaired) electrons. The number of carbonyl (C=O) groups is 3. The summed E-state index contributed by atoms with van der Waals surface area (Å²) in [5.41, 5.74) is 14.5. The van der Waals surface area contributed by atoms with Gasteiger partial charge in [0, 0.05) is 29.6 Å². The number of hydrogen-bond donors (Lipinski definition) is 4. The first-order valence-corrected chi connectivity index (χ1v) is 13.8. The number of amides is 1. The molecule has 2 aromatic heterocycles. The molecule has 0 aliphatic heterocycles. The molecule has 0 fully saturated rings. The number of nitrogens with two attached hydrogens (primary N) is 2. The van der Waals surface area contributed by atoms with Crippen molar-refractivity contribution in [3.05, 3.63) is 83.8 Å². The summed E-state index contributed by atoms with van der Waals surface area (Å²) in [6, 6.07) is 16.7. The SMILES string of the molecule is CCCOC(=O)CCN(C(=O)c1ccc2nc(CNc3ccc(/C(N)=N/OC(=O)C(C)N)cc3)[nH]c2c1)c1ccccn1. The van der Waals surface area contributed by atoms with Crippen LogP contribution in [0.3, 0.4) is 0 Å². The number of oxime groups is 1. The number of hydrogen-bond acceptors (Lipinski definition) is 10. The molecular formula is C30H34N8O5. The number of anilines is 2. The van der Waals surface area contributed by atoms with Crippen LogP contribution in [-0.2, 0) is 25.7 Å². The molecule has 0 saturated heterocycles. The van der Waals surface area contributed by atoms with Crippen molar-refractivity contribution in [3.8, 4) is 0 Å². The van der Waals surface area contributed by atoms with Crippen LogP contribution < -0.4 is 21.7 Å². The Morgan fingerprint density at radius 2 is 1.86 bits per heavy atom. The number of nitrogens with zero attached hydrogens (tertiary/aromatic N) is 4. The fourth-order valence-electron chi connectivity index (χ4n) is 3.93. The lowest BCUT2D eigenvalue weighted by atomic mass is 10.1. The van der Waals surface area contributed by atoms with E-state index in [0.29, 0.717) is 47.0 Å². The van der Waals surface area contributed by atoms with Gasteiger partial charge in [0.15, 0.2) is 5.84 Å². The van der Waals surface area contributed by atoms with Crippen LogP contribution in [0.1, 0.15) is 48.4 Å². The maximum atomic E-state index is 13.6. The monoisotopic (exact) mass is 586 g/mol. The number of esters is 1. The molecule has 0 saturated carbocycles. The largest absolute Gasteiger partial charge is 0.466 e. The number of rotatable bonds is 13. The number of aromatic amines is 1. The molecule has 1 atom stereocenters. The number of nitrogens with one attached hydrogen (secondary N) is 2. The van der Waals surface area contributed by atoms with Gasteiger partial charge in [-0.1, -0.05) is 18.1 Å². The van der Waals surface area contributed by atoms with Gasteiger partial charge in [0.05, 0.1) is 30.6 Å². The summed E-state index contributed by atoms with van der Waals surface area (Å²) < 4.78 is 5.17. The van der Waals surface area contributed by atoms with Gasteiger partial charge in [-0.2, -0.15) is 0 Å². The van der Waals surface area contributed by atoms with Crippen molar-refractivity contribution in [2.45, 2.75) is 39.3 Å². The summed E-state index contributed by atoms with van der Waals surface area (Å²) in [5, 5.41) is 6.89. The van der Waals surface area contributed by atoms with Crippen LogP contribution in [0, 0.1) is 0 Å². The summed E-state index contributed by atoms with van der Waals surface area (Å²) in [7, 11) is 0. The zero-order chi connectivity index (χ0) is 30.8. The number of H-pyrrole nitrogens is 1. The van der Waals surface area contributed by atoms with E-state index in [1.54, 1.807) is 66.9 Å². The van der Waals surface area contributed by atoms with E-state index in [4.69, 9.17) is 21.0 Å². The average Bonchev–Trinajstić information content (AvgIpc) is 3.44. The summed E-state index contributed by atoms with van der Waals surface area (Å²) in [4.78, 5) is 55.5. The van der Waals surface area contributed by atoms with E-state index in [-0.39, 0.29) is 30.7 Å². The second-order valence-electron chi connectivity index (χ2n) is 9.64. The number of imidazole rings is 1. The Morgan fingerprint density at radius 3 is 2.56 bits per heavy atom. The van der Waals surface area contributed by atoms with Gasteiger partial charge < -0.3 is 31.3 Å². The predicted molar refractivity (Wildman–Crippen MR) is 162 cm³/mol. The van der Waals surface area contributed by atoms with Crippen molar-refractivity contribution < 1.29 is 24.0 Å². The highest BCUT2D eigenvalue weighted by atomic mass is 16.7. The van der Waals surface area contributed by atoms with Crippen LogP contribution in [0.2, 0.25) is 0 Å². The normalized spacial score (nSPS) is 12.0. The Hall–Kier alpha value is -5.30. The average molecular weight is 587 g/mol. The van der Waals surface area contributed by atoms with Crippen molar-refractivity contribution >= 4 is 46.2 Å². The van der Waals surface area contributed by atoms with Gasteiger partial charge >= 0.3 is 11.9 Å². The van der Waals surface area contributed by atoms with Gasteiger partial charge in [-0.25, -0.2) is 14.8 Å². The molecule has 0 spiro atoms. The second kappa shape index (κ2) is 14.5. The number of fused-ring (bicyclic) bond motifs is 1. The van der Waals surface area contributed by atoms with Crippen LogP contribution in [0.4, 0.5) is 11.5 Å². The molecule has 4 aromatic rings. The zero-order valence-electron chi connectivity index (χ0n) is 23.9. The number of benzene rings is 2. The Balaban J connectivity index is 1.42. The minimum Gasteiger partial charge on any atom is -0.466 e. The van der Waals surface area contributed by atoms with Gasteiger partial charge in [-0.15, -0.1) is 0 Å². The van der Waals surface area contributed by atoms with Crippen LogP contribution in [0.5, 0.6) is 0 Å². The van der Waals surface area contributed by atoms with E-state index >= 15 is 0 Å². The molecule has 2 aromatic carbocycles. The molecule has 1 amide bonds. The molecule has 2 heterocycles. The third kappa shape index (κ3) is 8.36. The number of aromatic nitrogens is 3. The maximum absolute atomic E-state index is 13.6. The highest BCUT2D eigenvalue weighted by molar-refractivity contribution is 6.07. The van der Waals surface area contributed by atoms with Gasteiger partial charge in [-0.3, -0.25) is 14.5 Å². The molecule has 13 heteroatoms. The van der Waals surface area contributed by atoms with Crippen molar-refractivity contribution in [1.82, 2.24) is 15.0 Å². The lowest BCUT2D eigenvalue weighted by Gasteiger charge is -2.21. The van der Waals surface area contributed by atoms with Crippen LogP contribution in [0.15, 0.2) is 72.0 Å². The topological polar surface area (TPSA) is 191 Å². The Morgan fingerprint density at radius 1 is 1.09 bits per heavy atom. The highest BCUT2D eigenvalue weighted by Crippen LogP contribution is 2.20. The molecule has 1 unspecified atom stereocenters. The smallest absolute Gasteiger partial charge is 0.351 e. The molecule has 4 rings (SSSR count). The zero-order valence-corrected chi connectivity index (χ0v) is 23.9. The van der Waals surface area contributed by atoms with E-state index in [2.05, 4.69) is 25.4 Å². The first-order valence-electron chi connectivity index (χ1n) is 13.8. The maximum Gasteiger partial charge on any atom is 0.351 e. The molecule has 13 nitrogen and oxygen atoms in total. The Kier molecular flexibility index (Phi) is 10.4. The van der Waals surface area contributed by atoms with Gasteiger partial charge in [-0.05, 0) is 67.9 Å². The minimum absolute atomic E-state index is 0.0428. The second-order valence-corrected chi connectivity index (χ2v) is 9.64. The van der Waals surface area contributed by atoms with Crippen molar-refractivity contribution in [2.75, 3.05) is 23.4 Å². The van der Waals surface area contributed by atoms with E-state index in [1.807, 2.05) is 6.92 Å². The fourth-order valence-corrected chi connectivity index (χ4v) is 3.93. The summed E-state index contributed by atoms with van der Waals surface area (Å²) >= 11 is 0. The van der Waals surface area contributed by atoms with Crippen LogP contribution in [0.25, 0.3) is 11.0 Å². The van der Waals surface area contributed by atoms with Crippen molar-refractivity contribution in [3.63, 3.8) is 0 Å². The van der Waals surface area contributed by atoms with Gasteiger partial charge in [0.2, 0.25) is 0 Å².